The molecule has 3 N–H and O–H groups in total. The number of halogens is 1. The van der Waals surface area contributed by atoms with Gasteiger partial charge in [0.25, 0.3) is 0 Å². The maximum absolute atomic E-state index is 13.0. The monoisotopic (exact) mass is 267 g/mol. The second-order valence-electron chi connectivity index (χ2n) is 4.11. The van der Waals surface area contributed by atoms with E-state index in [2.05, 4.69) is 0 Å². The van der Waals surface area contributed by atoms with Gasteiger partial charge in [0.15, 0.2) is 0 Å². The zero-order valence-electron chi connectivity index (χ0n) is 11.0. The van der Waals surface area contributed by atoms with Gasteiger partial charge in [-0.15, -0.1) is 0 Å². The summed E-state index contributed by atoms with van der Waals surface area (Å²) in [6.07, 6.45) is 0. The Hall–Kier alpha value is -1.79. The van der Waals surface area contributed by atoms with Crippen LogP contribution in [0.25, 0.3) is 0 Å². The number of hydrazine groups is 1. The molecule has 0 spiro atoms. The molecule has 0 aliphatic heterocycles. The average molecular weight is 267 g/mol. The number of ether oxygens (including phenoxy) is 1. The van der Waals surface area contributed by atoms with Crippen LogP contribution in [0.2, 0.25) is 0 Å². The van der Waals surface area contributed by atoms with Crippen molar-refractivity contribution >= 4 is 11.7 Å². The minimum atomic E-state index is -0.690. The van der Waals surface area contributed by atoms with E-state index in [0.29, 0.717) is 5.56 Å². The zero-order chi connectivity index (χ0) is 14.4. The van der Waals surface area contributed by atoms with Crippen LogP contribution in [0.1, 0.15) is 19.4 Å². The second kappa shape index (κ2) is 6.96. The summed E-state index contributed by atoms with van der Waals surface area (Å²) in [5.41, 5.74) is 0.451. The van der Waals surface area contributed by atoms with E-state index in [4.69, 9.17) is 16.0 Å². The molecule has 1 aromatic rings. The van der Waals surface area contributed by atoms with Crippen LogP contribution in [0.15, 0.2) is 24.3 Å². The van der Waals surface area contributed by atoms with E-state index >= 15 is 0 Å². The summed E-state index contributed by atoms with van der Waals surface area (Å²) in [4.78, 5) is 11.4. The van der Waals surface area contributed by atoms with E-state index in [0.717, 1.165) is 0 Å². The van der Waals surface area contributed by atoms with Gasteiger partial charge in [-0.3, -0.25) is 11.3 Å². The Morgan fingerprint density at radius 3 is 2.84 bits per heavy atom. The summed E-state index contributed by atoms with van der Waals surface area (Å²) in [5.74, 6) is 4.76. The molecule has 6 heteroatoms. The Kier molecular flexibility index (Phi) is 5.59. The Bertz CT molecular complexity index is 465. The SMILES string of the molecule is CCOC(=O)C(=N)C(C)N(N)Cc1cccc(F)c1. The Morgan fingerprint density at radius 1 is 1.58 bits per heavy atom. The van der Waals surface area contributed by atoms with E-state index in [1.54, 1.807) is 26.0 Å². The van der Waals surface area contributed by atoms with Crippen molar-refractivity contribution in [2.75, 3.05) is 6.61 Å². The van der Waals surface area contributed by atoms with Gasteiger partial charge in [-0.25, -0.2) is 14.2 Å². The highest BCUT2D eigenvalue weighted by atomic mass is 19.1. The number of nitrogens with zero attached hydrogens (tertiary/aromatic N) is 1. The molecular weight excluding hydrogens is 249 g/mol. The third-order valence-electron chi connectivity index (χ3n) is 2.66. The molecule has 0 aliphatic rings. The Labute approximate surface area is 111 Å². The third kappa shape index (κ3) is 4.42. The summed E-state index contributed by atoms with van der Waals surface area (Å²) in [7, 11) is 0. The Morgan fingerprint density at radius 2 is 2.26 bits per heavy atom. The molecule has 1 unspecified atom stereocenters. The number of hydrogen-bond acceptors (Lipinski definition) is 5. The molecule has 0 bridgehead atoms. The van der Waals surface area contributed by atoms with Gasteiger partial charge in [0.2, 0.25) is 0 Å². The zero-order valence-corrected chi connectivity index (χ0v) is 11.0. The predicted molar refractivity (Wildman–Crippen MR) is 70.0 cm³/mol. The highest BCUT2D eigenvalue weighted by Gasteiger charge is 2.22. The van der Waals surface area contributed by atoms with Gasteiger partial charge >= 0.3 is 5.97 Å². The van der Waals surface area contributed by atoms with Crippen LogP contribution in [0.3, 0.4) is 0 Å². The molecular formula is C13H18FN3O2. The van der Waals surface area contributed by atoms with Crippen molar-refractivity contribution in [3.05, 3.63) is 35.6 Å². The molecule has 0 saturated carbocycles. The van der Waals surface area contributed by atoms with E-state index in [1.807, 2.05) is 0 Å². The number of nitrogens with two attached hydrogens (primary N) is 1. The van der Waals surface area contributed by atoms with Gasteiger partial charge in [0.1, 0.15) is 11.5 Å². The number of benzene rings is 1. The van der Waals surface area contributed by atoms with Crippen molar-refractivity contribution in [2.45, 2.75) is 26.4 Å². The van der Waals surface area contributed by atoms with Crippen LogP contribution in [0.5, 0.6) is 0 Å². The van der Waals surface area contributed by atoms with Crippen molar-refractivity contribution in [1.29, 1.82) is 5.41 Å². The van der Waals surface area contributed by atoms with Crippen LogP contribution < -0.4 is 5.84 Å². The number of esters is 1. The lowest BCUT2D eigenvalue weighted by atomic mass is 10.1. The van der Waals surface area contributed by atoms with Crippen molar-refractivity contribution in [2.24, 2.45) is 5.84 Å². The van der Waals surface area contributed by atoms with Crippen LogP contribution in [0, 0.1) is 11.2 Å². The standard InChI is InChI=1S/C13H18FN3O2/c1-3-19-13(18)12(15)9(2)17(16)8-10-5-4-6-11(14)7-10/h4-7,9,15H,3,8,16H2,1-2H3. The molecule has 19 heavy (non-hydrogen) atoms. The lowest BCUT2D eigenvalue weighted by Crippen LogP contribution is -2.46. The largest absolute Gasteiger partial charge is 0.461 e. The van der Waals surface area contributed by atoms with Gasteiger partial charge in [-0.2, -0.15) is 0 Å². The summed E-state index contributed by atoms with van der Waals surface area (Å²) < 4.78 is 17.8. The molecule has 5 nitrogen and oxygen atoms in total. The molecule has 0 aliphatic carbocycles. The van der Waals surface area contributed by atoms with Crippen LogP contribution in [-0.2, 0) is 16.1 Å². The molecule has 0 aromatic heterocycles. The van der Waals surface area contributed by atoms with Gasteiger partial charge < -0.3 is 4.74 Å². The summed E-state index contributed by atoms with van der Waals surface area (Å²) in [6, 6.07) is 5.40. The third-order valence-corrected chi connectivity index (χ3v) is 2.66. The number of carbonyl (C=O) groups excluding carboxylic acids is 1. The minimum Gasteiger partial charge on any atom is -0.461 e. The second-order valence-corrected chi connectivity index (χ2v) is 4.11. The first-order chi connectivity index (χ1) is 8.95. The van der Waals surface area contributed by atoms with Crippen LogP contribution >= 0.6 is 0 Å². The fourth-order valence-corrected chi connectivity index (χ4v) is 1.53. The number of nitrogens with one attached hydrogen (secondary N) is 1. The fourth-order valence-electron chi connectivity index (χ4n) is 1.53. The van der Waals surface area contributed by atoms with E-state index in [1.165, 1.54) is 17.1 Å². The van der Waals surface area contributed by atoms with Gasteiger partial charge in [0.05, 0.1) is 12.6 Å². The molecule has 1 rings (SSSR count). The lowest BCUT2D eigenvalue weighted by molar-refractivity contribution is -0.135. The number of hydrogen-bond donors (Lipinski definition) is 2. The van der Waals surface area contributed by atoms with Crippen LogP contribution in [0.4, 0.5) is 4.39 Å². The molecule has 1 aromatic carbocycles. The maximum atomic E-state index is 13.0. The van der Waals surface area contributed by atoms with Crippen molar-refractivity contribution in [3.63, 3.8) is 0 Å². The first-order valence-corrected chi connectivity index (χ1v) is 5.97. The summed E-state index contributed by atoms with van der Waals surface area (Å²) in [6.45, 7) is 3.74. The first-order valence-electron chi connectivity index (χ1n) is 5.97. The van der Waals surface area contributed by atoms with Crippen molar-refractivity contribution in [3.8, 4) is 0 Å². The van der Waals surface area contributed by atoms with Gasteiger partial charge in [0, 0.05) is 6.54 Å². The lowest BCUT2D eigenvalue weighted by Gasteiger charge is -2.23. The highest BCUT2D eigenvalue weighted by molar-refractivity contribution is 6.37. The quantitative estimate of drug-likeness (QED) is 0.354. The molecule has 1 atom stereocenters. The molecule has 104 valence electrons. The summed E-state index contributed by atoms with van der Waals surface area (Å²) >= 11 is 0. The average Bonchev–Trinajstić information content (AvgIpc) is 2.37. The highest BCUT2D eigenvalue weighted by Crippen LogP contribution is 2.08. The van der Waals surface area contributed by atoms with Crippen LogP contribution in [-0.4, -0.2) is 29.3 Å². The maximum Gasteiger partial charge on any atom is 0.353 e. The summed E-state index contributed by atoms with van der Waals surface area (Å²) in [5, 5.41) is 8.97. The normalized spacial score (nSPS) is 12.3. The van der Waals surface area contributed by atoms with Crippen molar-refractivity contribution in [1.82, 2.24) is 5.01 Å². The molecule has 0 saturated heterocycles. The predicted octanol–water partition coefficient (Wildman–Crippen LogP) is 1.47. The van der Waals surface area contributed by atoms with E-state index < -0.39 is 12.0 Å². The van der Waals surface area contributed by atoms with E-state index in [-0.39, 0.29) is 24.7 Å². The smallest absolute Gasteiger partial charge is 0.353 e. The molecule has 0 amide bonds. The van der Waals surface area contributed by atoms with Gasteiger partial charge in [-0.05, 0) is 31.5 Å². The Balaban J connectivity index is 2.64. The molecule has 0 fully saturated rings. The minimum absolute atomic E-state index is 0.211. The van der Waals surface area contributed by atoms with Gasteiger partial charge in [-0.1, -0.05) is 12.1 Å². The number of rotatable bonds is 6. The van der Waals surface area contributed by atoms with E-state index in [9.17, 15) is 9.18 Å². The number of carbonyl (C=O) groups is 1. The molecule has 0 heterocycles. The topological polar surface area (TPSA) is 79.4 Å². The molecule has 0 radical (unpaired) electrons. The first kappa shape index (κ1) is 15.3. The fraction of sp³-hybridized carbons (Fsp3) is 0.385. The van der Waals surface area contributed by atoms with Crippen molar-refractivity contribution < 1.29 is 13.9 Å².